The number of hydrogen-bond acceptors (Lipinski definition) is 4. The third-order valence-electron chi connectivity index (χ3n) is 2.23. The molecule has 0 aliphatic heterocycles. The number of aliphatic carboxylic acids is 1. The molecule has 2 N–H and O–H groups in total. The molecule has 5 heteroatoms. The van der Waals surface area contributed by atoms with E-state index in [1.165, 1.54) is 14.0 Å². The Balaban J connectivity index is 0.000000258. The number of benzene rings is 1. The SMILES string of the molecule is C=C(C)C(=O)O.COc1nc2ccccc2cc1O. The molecule has 0 saturated heterocycles. The molecule has 0 bridgehead atoms. The number of carbonyl (C=O) groups is 1. The maximum Gasteiger partial charge on any atom is 0.330 e. The average molecular weight is 261 g/mol. The van der Waals surface area contributed by atoms with E-state index in [4.69, 9.17) is 9.84 Å². The minimum Gasteiger partial charge on any atom is -0.503 e. The Bertz CT molecular complexity index is 595. The quantitative estimate of drug-likeness (QED) is 0.812. The van der Waals surface area contributed by atoms with Gasteiger partial charge >= 0.3 is 5.97 Å². The predicted molar refractivity (Wildman–Crippen MR) is 72.4 cm³/mol. The largest absolute Gasteiger partial charge is 0.503 e. The number of nitrogens with zero attached hydrogens (tertiary/aromatic N) is 1. The van der Waals surface area contributed by atoms with Gasteiger partial charge in [-0.25, -0.2) is 9.78 Å². The van der Waals surface area contributed by atoms with E-state index >= 15 is 0 Å². The van der Waals surface area contributed by atoms with Gasteiger partial charge in [-0.1, -0.05) is 24.8 Å². The smallest absolute Gasteiger partial charge is 0.330 e. The summed E-state index contributed by atoms with van der Waals surface area (Å²) in [4.78, 5) is 13.7. The highest BCUT2D eigenvalue weighted by atomic mass is 16.5. The van der Waals surface area contributed by atoms with E-state index in [0.29, 0.717) is 0 Å². The van der Waals surface area contributed by atoms with Gasteiger partial charge in [-0.15, -0.1) is 0 Å². The summed E-state index contributed by atoms with van der Waals surface area (Å²) in [7, 11) is 1.48. The highest BCUT2D eigenvalue weighted by Crippen LogP contribution is 2.26. The first-order chi connectivity index (χ1) is 8.95. The highest BCUT2D eigenvalue weighted by molar-refractivity contribution is 5.84. The second-order valence-electron chi connectivity index (χ2n) is 3.79. The summed E-state index contributed by atoms with van der Waals surface area (Å²) in [6.45, 7) is 4.60. The molecule has 0 aliphatic rings. The van der Waals surface area contributed by atoms with Crippen molar-refractivity contribution in [2.24, 2.45) is 0 Å². The van der Waals surface area contributed by atoms with Crippen LogP contribution in [0.1, 0.15) is 6.92 Å². The summed E-state index contributed by atoms with van der Waals surface area (Å²) in [6, 6.07) is 9.20. The van der Waals surface area contributed by atoms with Gasteiger partial charge in [-0.05, 0) is 19.1 Å². The van der Waals surface area contributed by atoms with Crippen molar-refractivity contribution in [1.82, 2.24) is 4.98 Å². The van der Waals surface area contributed by atoms with Gasteiger partial charge in [0.1, 0.15) is 0 Å². The van der Waals surface area contributed by atoms with E-state index in [9.17, 15) is 9.90 Å². The summed E-state index contributed by atoms with van der Waals surface area (Å²) in [5.41, 5.74) is 0.993. The average Bonchev–Trinajstić information content (AvgIpc) is 2.38. The van der Waals surface area contributed by atoms with Crippen molar-refractivity contribution in [1.29, 1.82) is 0 Å². The summed E-state index contributed by atoms with van der Waals surface area (Å²) >= 11 is 0. The monoisotopic (exact) mass is 261 g/mol. The van der Waals surface area contributed by atoms with Crippen LogP contribution in [0.25, 0.3) is 10.9 Å². The van der Waals surface area contributed by atoms with Crippen molar-refractivity contribution in [2.75, 3.05) is 7.11 Å². The van der Waals surface area contributed by atoms with Crippen LogP contribution in [0, 0.1) is 0 Å². The Kier molecular flexibility index (Phi) is 4.88. The summed E-state index contributed by atoms with van der Waals surface area (Å²) < 4.78 is 4.89. The summed E-state index contributed by atoms with van der Waals surface area (Å²) in [6.07, 6.45) is 0. The molecule has 0 radical (unpaired) electrons. The molecule has 0 aliphatic carbocycles. The van der Waals surface area contributed by atoms with Crippen LogP contribution in [0.2, 0.25) is 0 Å². The molecule has 2 aromatic rings. The second-order valence-corrected chi connectivity index (χ2v) is 3.79. The molecule has 0 fully saturated rings. The maximum atomic E-state index is 9.60. The number of aromatic nitrogens is 1. The fraction of sp³-hybridized carbons (Fsp3) is 0.143. The second kappa shape index (κ2) is 6.39. The summed E-state index contributed by atoms with van der Waals surface area (Å²) in [5.74, 6) is -0.602. The van der Waals surface area contributed by atoms with Crippen LogP contribution in [-0.2, 0) is 4.79 Å². The molecule has 5 nitrogen and oxygen atoms in total. The van der Waals surface area contributed by atoms with Gasteiger partial charge in [0.15, 0.2) is 5.75 Å². The van der Waals surface area contributed by atoms with Gasteiger partial charge in [-0.3, -0.25) is 0 Å². The predicted octanol–water partition coefficient (Wildman–Crippen LogP) is 2.60. The van der Waals surface area contributed by atoms with Gasteiger partial charge in [0.25, 0.3) is 5.88 Å². The molecule has 100 valence electrons. The lowest BCUT2D eigenvalue weighted by molar-refractivity contribution is -0.132. The number of carboxylic acids is 1. The first kappa shape index (κ1) is 14.5. The van der Waals surface area contributed by atoms with E-state index in [1.54, 1.807) is 6.07 Å². The van der Waals surface area contributed by atoms with Crippen molar-refractivity contribution in [3.05, 3.63) is 42.5 Å². The van der Waals surface area contributed by atoms with E-state index in [1.807, 2.05) is 24.3 Å². The van der Waals surface area contributed by atoms with Crippen LogP contribution in [0.15, 0.2) is 42.5 Å². The standard InChI is InChI=1S/C10H9NO2.C4H6O2/c1-13-10-9(12)6-7-4-2-3-5-8(7)11-10;1-3(2)4(5)6/h2-6,12H,1H3;1H2,2H3,(H,5,6). The fourth-order valence-corrected chi connectivity index (χ4v) is 1.24. The molecule has 19 heavy (non-hydrogen) atoms. The zero-order chi connectivity index (χ0) is 14.4. The molecule has 1 aromatic carbocycles. The third-order valence-corrected chi connectivity index (χ3v) is 2.23. The lowest BCUT2D eigenvalue weighted by atomic mass is 10.2. The minimum absolute atomic E-state index is 0.0706. The number of aromatic hydroxyl groups is 1. The van der Waals surface area contributed by atoms with E-state index in [2.05, 4.69) is 11.6 Å². The number of pyridine rings is 1. The van der Waals surface area contributed by atoms with Gasteiger partial charge in [0.2, 0.25) is 0 Å². The Labute approximate surface area is 110 Å². The normalized spacial score (nSPS) is 9.37. The van der Waals surface area contributed by atoms with E-state index in [0.717, 1.165) is 10.9 Å². The first-order valence-corrected chi connectivity index (χ1v) is 5.47. The van der Waals surface area contributed by atoms with Crippen molar-refractivity contribution in [3.8, 4) is 11.6 Å². The molecule has 0 unspecified atom stereocenters. The van der Waals surface area contributed by atoms with Gasteiger partial charge in [0.05, 0.1) is 12.6 Å². The molecule has 0 saturated carbocycles. The van der Waals surface area contributed by atoms with Crippen molar-refractivity contribution in [2.45, 2.75) is 6.92 Å². The maximum absolute atomic E-state index is 9.60. The molecule has 1 heterocycles. The molecular weight excluding hydrogens is 246 g/mol. The fourth-order valence-electron chi connectivity index (χ4n) is 1.24. The van der Waals surface area contributed by atoms with Gasteiger partial charge < -0.3 is 14.9 Å². The van der Waals surface area contributed by atoms with Gasteiger partial charge in [-0.2, -0.15) is 0 Å². The van der Waals surface area contributed by atoms with E-state index in [-0.39, 0.29) is 17.2 Å². The number of hydrogen-bond donors (Lipinski definition) is 2. The lowest BCUT2D eigenvalue weighted by Crippen LogP contribution is -1.92. The molecule has 0 spiro atoms. The number of carboxylic acid groups (broad SMARTS) is 1. The summed E-state index contributed by atoms with van der Waals surface area (Å²) in [5, 5.41) is 18.2. The molecule has 2 rings (SSSR count). The lowest BCUT2D eigenvalue weighted by Gasteiger charge is -2.03. The Morgan fingerprint density at radius 1 is 1.37 bits per heavy atom. The number of para-hydroxylation sites is 1. The van der Waals surface area contributed by atoms with E-state index < -0.39 is 5.97 Å². The highest BCUT2D eigenvalue weighted by Gasteiger charge is 2.04. The first-order valence-electron chi connectivity index (χ1n) is 5.47. The van der Waals surface area contributed by atoms with Crippen LogP contribution in [0.3, 0.4) is 0 Å². The molecule has 1 aromatic heterocycles. The minimum atomic E-state index is -0.935. The number of ether oxygens (including phenoxy) is 1. The van der Waals surface area contributed by atoms with Crippen molar-refractivity contribution < 1.29 is 19.7 Å². The van der Waals surface area contributed by atoms with Crippen molar-refractivity contribution in [3.63, 3.8) is 0 Å². The third kappa shape index (κ3) is 3.99. The van der Waals surface area contributed by atoms with Crippen molar-refractivity contribution >= 4 is 16.9 Å². The number of fused-ring (bicyclic) bond motifs is 1. The molecule has 0 atom stereocenters. The molecule has 0 amide bonds. The Hall–Kier alpha value is -2.56. The Morgan fingerprint density at radius 2 is 1.95 bits per heavy atom. The number of methoxy groups -OCH3 is 1. The molecular formula is C14H15NO4. The van der Waals surface area contributed by atoms with Gasteiger partial charge in [0, 0.05) is 11.0 Å². The zero-order valence-electron chi connectivity index (χ0n) is 10.8. The van der Waals surface area contributed by atoms with Crippen LogP contribution < -0.4 is 4.74 Å². The Morgan fingerprint density at radius 3 is 2.47 bits per heavy atom. The van der Waals surface area contributed by atoms with Crippen LogP contribution in [-0.4, -0.2) is 28.3 Å². The zero-order valence-corrected chi connectivity index (χ0v) is 10.8. The topological polar surface area (TPSA) is 79.7 Å². The number of rotatable bonds is 2. The van der Waals surface area contributed by atoms with Crippen LogP contribution in [0.5, 0.6) is 11.6 Å². The van der Waals surface area contributed by atoms with Crippen LogP contribution >= 0.6 is 0 Å². The van der Waals surface area contributed by atoms with Crippen LogP contribution in [0.4, 0.5) is 0 Å².